The first-order valence-corrected chi connectivity index (χ1v) is 8.46. The van der Waals surface area contributed by atoms with E-state index >= 15 is 0 Å². The van der Waals surface area contributed by atoms with Crippen molar-refractivity contribution in [3.8, 4) is 0 Å². The van der Waals surface area contributed by atoms with Crippen molar-refractivity contribution >= 4 is 0 Å². The van der Waals surface area contributed by atoms with Crippen molar-refractivity contribution < 1.29 is 0 Å². The van der Waals surface area contributed by atoms with E-state index in [-0.39, 0.29) is 0 Å². The number of likely N-dealkylation sites (tertiary alicyclic amines) is 1. The molecule has 0 spiro atoms. The first kappa shape index (κ1) is 15.0. The maximum Gasteiger partial charge on any atom is 0.0426 e. The smallest absolute Gasteiger partial charge is 0.0426 e. The lowest BCUT2D eigenvalue weighted by molar-refractivity contribution is 0.310. The second-order valence-electron chi connectivity index (χ2n) is 7.09. The van der Waals surface area contributed by atoms with Gasteiger partial charge in [0.2, 0.25) is 0 Å². The van der Waals surface area contributed by atoms with Gasteiger partial charge in [0.1, 0.15) is 0 Å². The van der Waals surface area contributed by atoms with Gasteiger partial charge in [0.05, 0.1) is 0 Å². The van der Waals surface area contributed by atoms with Crippen molar-refractivity contribution in [1.29, 1.82) is 0 Å². The summed E-state index contributed by atoms with van der Waals surface area (Å²) in [5.74, 6) is 0.826. The third kappa shape index (κ3) is 3.46. The molecule has 1 aromatic heterocycles. The standard InChI is InChI=1S/C18H29N3/c1-12-9-13(2)20-15(4)18(12)14(3)19-10-16-7-8-21(11-16)17-5-6-17/h9,14,16-17,19H,5-8,10-11H2,1-4H3. The Hall–Kier alpha value is -0.930. The number of hydrogen-bond acceptors (Lipinski definition) is 3. The normalized spacial score (nSPS) is 24.5. The minimum Gasteiger partial charge on any atom is -0.310 e. The van der Waals surface area contributed by atoms with E-state index in [1.165, 1.54) is 49.2 Å². The van der Waals surface area contributed by atoms with Gasteiger partial charge in [-0.3, -0.25) is 4.98 Å². The van der Waals surface area contributed by atoms with Crippen LogP contribution in [0.15, 0.2) is 6.07 Å². The fraction of sp³-hybridized carbons (Fsp3) is 0.722. The Labute approximate surface area is 129 Å². The van der Waals surface area contributed by atoms with Crippen LogP contribution in [-0.4, -0.2) is 35.6 Å². The molecule has 2 heterocycles. The summed E-state index contributed by atoms with van der Waals surface area (Å²) in [6.45, 7) is 12.4. The summed E-state index contributed by atoms with van der Waals surface area (Å²) in [7, 11) is 0. The van der Waals surface area contributed by atoms with Gasteiger partial charge in [-0.2, -0.15) is 0 Å². The van der Waals surface area contributed by atoms with E-state index in [0.29, 0.717) is 6.04 Å². The van der Waals surface area contributed by atoms with Crippen LogP contribution in [0.2, 0.25) is 0 Å². The monoisotopic (exact) mass is 287 g/mol. The van der Waals surface area contributed by atoms with Gasteiger partial charge in [-0.25, -0.2) is 0 Å². The summed E-state index contributed by atoms with van der Waals surface area (Å²) in [6.07, 6.45) is 4.23. The van der Waals surface area contributed by atoms with Crippen LogP contribution < -0.4 is 5.32 Å². The van der Waals surface area contributed by atoms with Gasteiger partial charge in [-0.15, -0.1) is 0 Å². The van der Waals surface area contributed by atoms with Crippen molar-refractivity contribution in [2.24, 2.45) is 5.92 Å². The SMILES string of the molecule is Cc1cc(C)c(C(C)NCC2CCN(C3CC3)C2)c(C)n1. The number of rotatable bonds is 5. The fourth-order valence-electron chi connectivity index (χ4n) is 3.93. The molecule has 1 aliphatic carbocycles. The second kappa shape index (κ2) is 6.05. The molecule has 2 unspecified atom stereocenters. The van der Waals surface area contributed by atoms with Crippen LogP contribution in [0.25, 0.3) is 0 Å². The Balaban J connectivity index is 1.55. The van der Waals surface area contributed by atoms with Crippen molar-refractivity contribution in [3.05, 3.63) is 28.6 Å². The Kier molecular flexibility index (Phi) is 4.32. The first-order valence-electron chi connectivity index (χ1n) is 8.46. The van der Waals surface area contributed by atoms with E-state index < -0.39 is 0 Å². The van der Waals surface area contributed by atoms with E-state index in [9.17, 15) is 0 Å². The number of aryl methyl sites for hydroxylation is 3. The van der Waals surface area contributed by atoms with Gasteiger partial charge >= 0.3 is 0 Å². The number of pyridine rings is 1. The quantitative estimate of drug-likeness (QED) is 0.902. The maximum atomic E-state index is 4.63. The lowest BCUT2D eigenvalue weighted by Crippen LogP contribution is -2.29. The fourth-order valence-corrected chi connectivity index (χ4v) is 3.93. The summed E-state index contributed by atoms with van der Waals surface area (Å²) in [5, 5.41) is 3.76. The van der Waals surface area contributed by atoms with Crippen molar-refractivity contribution in [2.45, 2.75) is 59.0 Å². The molecule has 1 aromatic rings. The van der Waals surface area contributed by atoms with E-state index in [0.717, 1.165) is 24.2 Å². The average molecular weight is 287 g/mol. The predicted molar refractivity (Wildman–Crippen MR) is 87.6 cm³/mol. The van der Waals surface area contributed by atoms with E-state index in [2.05, 4.69) is 49.0 Å². The molecule has 2 aliphatic rings. The molecule has 1 saturated carbocycles. The van der Waals surface area contributed by atoms with Crippen molar-refractivity contribution in [1.82, 2.24) is 15.2 Å². The summed E-state index contributed by atoms with van der Waals surface area (Å²) in [4.78, 5) is 7.33. The highest BCUT2D eigenvalue weighted by atomic mass is 15.2. The lowest BCUT2D eigenvalue weighted by atomic mass is 9.99. The summed E-state index contributed by atoms with van der Waals surface area (Å²) in [6, 6.07) is 3.52. The van der Waals surface area contributed by atoms with Gasteiger partial charge in [0, 0.05) is 30.0 Å². The van der Waals surface area contributed by atoms with Crippen LogP contribution in [0.4, 0.5) is 0 Å². The van der Waals surface area contributed by atoms with Gasteiger partial charge in [0.15, 0.2) is 0 Å². The van der Waals surface area contributed by atoms with E-state index in [1.54, 1.807) is 0 Å². The summed E-state index contributed by atoms with van der Waals surface area (Å²) in [5.41, 5.74) is 5.05. The highest BCUT2D eigenvalue weighted by Gasteiger charge is 2.34. The molecule has 2 fully saturated rings. The third-order valence-electron chi connectivity index (χ3n) is 5.11. The lowest BCUT2D eigenvalue weighted by Gasteiger charge is -2.21. The highest BCUT2D eigenvalue weighted by molar-refractivity contribution is 5.33. The number of nitrogens with zero attached hydrogens (tertiary/aromatic N) is 2. The molecule has 1 saturated heterocycles. The predicted octanol–water partition coefficient (Wildman–Crippen LogP) is 3.14. The highest BCUT2D eigenvalue weighted by Crippen LogP contribution is 2.31. The molecule has 21 heavy (non-hydrogen) atoms. The maximum absolute atomic E-state index is 4.63. The molecule has 3 heteroatoms. The molecule has 0 amide bonds. The van der Waals surface area contributed by atoms with Gasteiger partial charge < -0.3 is 10.2 Å². The number of hydrogen-bond donors (Lipinski definition) is 1. The zero-order chi connectivity index (χ0) is 15.0. The average Bonchev–Trinajstić information content (AvgIpc) is 3.14. The minimum absolute atomic E-state index is 0.396. The van der Waals surface area contributed by atoms with Crippen LogP contribution in [-0.2, 0) is 0 Å². The topological polar surface area (TPSA) is 28.2 Å². The zero-order valence-electron chi connectivity index (χ0n) is 13.9. The van der Waals surface area contributed by atoms with E-state index in [1.807, 2.05) is 0 Å². The molecule has 3 nitrogen and oxygen atoms in total. The Morgan fingerprint density at radius 3 is 2.71 bits per heavy atom. The van der Waals surface area contributed by atoms with Gasteiger partial charge in [-0.1, -0.05) is 0 Å². The van der Waals surface area contributed by atoms with Gasteiger partial charge in [-0.05, 0) is 83.2 Å². The Morgan fingerprint density at radius 2 is 2.05 bits per heavy atom. The first-order chi connectivity index (χ1) is 10.0. The molecule has 2 atom stereocenters. The number of aromatic nitrogens is 1. The van der Waals surface area contributed by atoms with Crippen LogP contribution in [0.3, 0.4) is 0 Å². The third-order valence-corrected chi connectivity index (χ3v) is 5.11. The zero-order valence-corrected chi connectivity index (χ0v) is 13.9. The molecular weight excluding hydrogens is 258 g/mol. The molecule has 0 bridgehead atoms. The molecule has 1 aliphatic heterocycles. The van der Waals surface area contributed by atoms with Crippen molar-refractivity contribution in [3.63, 3.8) is 0 Å². The molecule has 0 aromatic carbocycles. The molecule has 0 radical (unpaired) electrons. The summed E-state index contributed by atoms with van der Waals surface area (Å²) >= 11 is 0. The van der Waals surface area contributed by atoms with Gasteiger partial charge in [0.25, 0.3) is 0 Å². The molecule has 116 valence electrons. The van der Waals surface area contributed by atoms with E-state index in [4.69, 9.17) is 0 Å². The van der Waals surface area contributed by atoms with Crippen LogP contribution in [0, 0.1) is 26.7 Å². The molecule has 1 N–H and O–H groups in total. The molecule has 3 rings (SSSR count). The minimum atomic E-state index is 0.396. The van der Waals surface area contributed by atoms with Crippen molar-refractivity contribution in [2.75, 3.05) is 19.6 Å². The van der Waals surface area contributed by atoms with Crippen LogP contribution in [0.1, 0.15) is 54.7 Å². The van der Waals surface area contributed by atoms with Crippen LogP contribution >= 0.6 is 0 Å². The largest absolute Gasteiger partial charge is 0.310 e. The summed E-state index contributed by atoms with van der Waals surface area (Å²) < 4.78 is 0. The Bertz CT molecular complexity index is 484. The number of nitrogens with one attached hydrogen (secondary N) is 1. The molecular formula is C18H29N3. The second-order valence-corrected chi connectivity index (χ2v) is 7.09. The Morgan fingerprint density at radius 1 is 1.29 bits per heavy atom. The van der Waals surface area contributed by atoms with Crippen LogP contribution in [0.5, 0.6) is 0 Å².